The van der Waals surface area contributed by atoms with Gasteiger partial charge in [0, 0.05) is 31.9 Å². The number of amides is 2. The molecule has 0 aromatic heterocycles. The molecule has 3 aromatic carbocycles. The van der Waals surface area contributed by atoms with Gasteiger partial charge in [0.15, 0.2) is 0 Å². The van der Waals surface area contributed by atoms with Gasteiger partial charge in [0.25, 0.3) is 5.91 Å². The average Bonchev–Trinajstić information content (AvgIpc) is 2.77. The van der Waals surface area contributed by atoms with Crippen LogP contribution in [-0.2, 0) is 11.3 Å². The summed E-state index contributed by atoms with van der Waals surface area (Å²) in [6.45, 7) is 0.324. The van der Waals surface area contributed by atoms with E-state index >= 15 is 0 Å². The minimum atomic E-state index is -0.313. The van der Waals surface area contributed by atoms with E-state index in [-0.39, 0.29) is 18.4 Å². The molecule has 0 spiro atoms. The molecule has 6 heteroatoms. The third-order valence-corrected chi connectivity index (χ3v) is 4.45. The highest BCUT2D eigenvalue weighted by molar-refractivity contribution is 5.96. The Morgan fingerprint density at radius 2 is 1.43 bits per heavy atom. The van der Waals surface area contributed by atoms with Crippen LogP contribution in [0.4, 0.5) is 5.69 Å². The van der Waals surface area contributed by atoms with Crippen LogP contribution in [0.3, 0.4) is 0 Å². The first-order chi connectivity index (χ1) is 14.5. The lowest BCUT2D eigenvalue weighted by Crippen LogP contribution is -2.36. The molecule has 0 saturated heterocycles. The van der Waals surface area contributed by atoms with E-state index in [1.165, 1.54) is 0 Å². The van der Waals surface area contributed by atoms with Crippen LogP contribution in [0.5, 0.6) is 11.5 Å². The lowest BCUT2D eigenvalue weighted by atomic mass is 10.2. The number of rotatable bonds is 8. The zero-order valence-corrected chi connectivity index (χ0v) is 17.1. The van der Waals surface area contributed by atoms with E-state index in [1.807, 2.05) is 73.6 Å². The number of carbonyl (C=O) groups is 2. The number of nitrogens with one attached hydrogen (secondary N) is 2. The molecular formula is C24H25N3O3. The second kappa shape index (κ2) is 10.1. The molecular weight excluding hydrogens is 378 g/mol. The zero-order chi connectivity index (χ0) is 21.3. The smallest absolute Gasteiger partial charge is 0.251 e. The molecule has 2 N–H and O–H groups in total. The molecule has 0 aliphatic carbocycles. The van der Waals surface area contributed by atoms with Gasteiger partial charge in [-0.25, -0.2) is 0 Å². The van der Waals surface area contributed by atoms with E-state index in [2.05, 4.69) is 10.6 Å². The maximum atomic E-state index is 12.3. The van der Waals surface area contributed by atoms with Crippen molar-refractivity contribution in [3.63, 3.8) is 0 Å². The van der Waals surface area contributed by atoms with Crippen molar-refractivity contribution >= 4 is 17.5 Å². The minimum Gasteiger partial charge on any atom is -0.457 e. The largest absolute Gasteiger partial charge is 0.457 e. The molecule has 0 aliphatic rings. The number of benzene rings is 3. The highest BCUT2D eigenvalue weighted by atomic mass is 16.5. The van der Waals surface area contributed by atoms with Gasteiger partial charge in [-0.15, -0.1) is 0 Å². The number of hydrogen-bond donors (Lipinski definition) is 2. The van der Waals surface area contributed by atoms with E-state index in [0.29, 0.717) is 17.9 Å². The van der Waals surface area contributed by atoms with Crippen molar-refractivity contribution in [1.29, 1.82) is 0 Å². The molecule has 3 rings (SSSR count). The van der Waals surface area contributed by atoms with Crippen LogP contribution >= 0.6 is 0 Å². The van der Waals surface area contributed by atoms with Gasteiger partial charge in [0.05, 0.1) is 6.54 Å². The van der Waals surface area contributed by atoms with Crippen molar-refractivity contribution in [2.75, 3.05) is 25.5 Å². The summed E-state index contributed by atoms with van der Waals surface area (Å²) in [4.78, 5) is 26.3. The van der Waals surface area contributed by atoms with Gasteiger partial charge in [0.1, 0.15) is 11.5 Å². The van der Waals surface area contributed by atoms with E-state index in [4.69, 9.17) is 4.74 Å². The second-order valence-corrected chi connectivity index (χ2v) is 6.96. The Bertz CT molecular complexity index is 969. The van der Waals surface area contributed by atoms with Gasteiger partial charge in [-0.3, -0.25) is 9.59 Å². The maximum absolute atomic E-state index is 12.3. The summed E-state index contributed by atoms with van der Waals surface area (Å²) >= 11 is 0. The van der Waals surface area contributed by atoms with Gasteiger partial charge in [-0.05, 0) is 54.1 Å². The summed E-state index contributed by atoms with van der Waals surface area (Å²) in [6.07, 6.45) is 0. The molecule has 0 atom stereocenters. The Balaban J connectivity index is 1.43. The third-order valence-electron chi connectivity index (χ3n) is 4.45. The quantitative estimate of drug-likeness (QED) is 0.603. The molecule has 2 amide bonds. The Hall–Kier alpha value is -3.80. The molecule has 0 bridgehead atoms. The molecule has 0 unspecified atom stereocenters. The molecule has 0 fully saturated rings. The van der Waals surface area contributed by atoms with Crippen LogP contribution in [0.2, 0.25) is 0 Å². The fourth-order valence-electron chi connectivity index (χ4n) is 2.74. The molecule has 0 radical (unpaired) electrons. The summed E-state index contributed by atoms with van der Waals surface area (Å²) in [5, 5.41) is 5.43. The van der Waals surface area contributed by atoms with E-state index < -0.39 is 0 Å². The van der Waals surface area contributed by atoms with E-state index in [9.17, 15) is 9.59 Å². The fourth-order valence-corrected chi connectivity index (χ4v) is 2.74. The second-order valence-electron chi connectivity index (χ2n) is 6.96. The lowest BCUT2D eigenvalue weighted by Gasteiger charge is -2.13. The zero-order valence-electron chi connectivity index (χ0n) is 17.1. The van der Waals surface area contributed by atoms with E-state index in [0.717, 1.165) is 17.0 Å². The summed E-state index contributed by atoms with van der Waals surface area (Å²) in [7, 11) is 3.95. The van der Waals surface area contributed by atoms with E-state index in [1.54, 1.807) is 24.3 Å². The Kier molecular flexibility index (Phi) is 7.05. The third kappa shape index (κ3) is 6.10. The highest BCUT2D eigenvalue weighted by Crippen LogP contribution is 2.21. The van der Waals surface area contributed by atoms with Gasteiger partial charge < -0.3 is 20.3 Å². The Morgan fingerprint density at radius 3 is 2.07 bits per heavy atom. The van der Waals surface area contributed by atoms with Gasteiger partial charge in [-0.2, -0.15) is 0 Å². The fraction of sp³-hybridized carbons (Fsp3) is 0.167. The number of para-hydroxylation sites is 1. The van der Waals surface area contributed by atoms with Crippen LogP contribution in [0.1, 0.15) is 15.9 Å². The molecule has 154 valence electrons. The first kappa shape index (κ1) is 20.9. The number of ether oxygens (including phenoxy) is 1. The number of hydrogen-bond acceptors (Lipinski definition) is 4. The first-order valence-electron chi connectivity index (χ1n) is 9.65. The van der Waals surface area contributed by atoms with Crippen molar-refractivity contribution in [3.05, 3.63) is 90.0 Å². The minimum absolute atomic E-state index is 0.0864. The first-order valence-corrected chi connectivity index (χ1v) is 9.65. The number of anilines is 1. The van der Waals surface area contributed by atoms with Crippen LogP contribution in [0, 0.1) is 0 Å². The molecule has 3 aromatic rings. The van der Waals surface area contributed by atoms with Gasteiger partial charge in [-0.1, -0.05) is 30.3 Å². The summed E-state index contributed by atoms with van der Waals surface area (Å²) in [5.41, 5.74) is 2.55. The Labute approximate surface area is 176 Å². The maximum Gasteiger partial charge on any atom is 0.251 e. The highest BCUT2D eigenvalue weighted by Gasteiger charge is 2.09. The van der Waals surface area contributed by atoms with Crippen LogP contribution < -0.4 is 20.3 Å². The van der Waals surface area contributed by atoms with Crippen molar-refractivity contribution in [2.45, 2.75) is 6.54 Å². The van der Waals surface area contributed by atoms with Gasteiger partial charge >= 0.3 is 0 Å². The monoisotopic (exact) mass is 403 g/mol. The SMILES string of the molecule is CN(C)c1ccc(CNC(=O)CNC(=O)c2ccc(Oc3ccccc3)cc2)cc1. The molecule has 30 heavy (non-hydrogen) atoms. The molecule has 0 aliphatic heterocycles. The van der Waals surface area contributed by atoms with Crippen LogP contribution in [-0.4, -0.2) is 32.5 Å². The Morgan fingerprint density at radius 1 is 0.800 bits per heavy atom. The molecule has 0 saturated carbocycles. The summed E-state index contributed by atoms with van der Waals surface area (Å²) in [5.74, 6) is 0.800. The van der Waals surface area contributed by atoms with Crippen molar-refractivity contribution in [3.8, 4) is 11.5 Å². The molecule has 0 heterocycles. The van der Waals surface area contributed by atoms with Crippen LogP contribution in [0.25, 0.3) is 0 Å². The van der Waals surface area contributed by atoms with Crippen LogP contribution in [0.15, 0.2) is 78.9 Å². The number of nitrogens with zero attached hydrogens (tertiary/aromatic N) is 1. The van der Waals surface area contributed by atoms with Crippen molar-refractivity contribution in [1.82, 2.24) is 10.6 Å². The van der Waals surface area contributed by atoms with Crippen molar-refractivity contribution < 1.29 is 14.3 Å². The lowest BCUT2D eigenvalue weighted by molar-refractivity contribution is -0.120. The normalized spacial score (nSPS) is 10.2. The summed E-state index contributed by atoms with van der Waals surface area (Å²) < 4.78 is 5.71. The number of carbonyl (C=O) groups excluding carboxylic acids is 2. The predicted molar refractivity (Wildman–Crippen MR) is 118 cm³/mol. The van der Waals surface area contributed by atoms with Gasteiger partial charge in [0.2, 0.25) is 5.91 Å². The predicted octanol–water partition coefficient (Wildman–Crippen LogP) is 3.59. The molecule has 6 nitrogen and oxygen atoms in total. The van der Waals surface area contributed by atoms with Crippen molar-refractivity contribution in [2.24, 2.45) is 0 Å². The average molecular weight is 403 g/mol. The summed E-state index contributed by atoms with van der Waals surface area (Å²) in [6, 6.07) is 24.1. The topological polar surface area (TPSA) is 70.7 Å². The standard InChI is InChI=1S/C24H25N3O3/c1-27(2)20-12-8-18(9-13-20)16-25-23(28)17-26-24(29)19-10-14-22(15-11-19)30-21-6-4-3-5-7-21/h3-15H,16-17H2,1-2H3,(H,25,28)(H,26,29).